The van der Waals surface area contributed by atoms with Gasteiger partial charge in [-0.1, -0.05) is 18.2 Å². The highest BCUT2D eigenvalue weighted by Crippen LogP contribution is 2.26. The molecule has 0 spiro atoms. The Hall–Kier alpha value is -3.46. The zero-order valence-electron chi connectivity index (χ0n) is 14.6. The van der Waals surface area contributed by atoms with Gasteiger partial charge in [-0.05, 0) is 29.8 Å². The molecule has 2 N–H and O–H groups in total. The number of hydrogen-bond acceptors (Lipinski definition) is 4. The molecule has 1 heterocycles. The Morgan fingerprint density at radius 2 is 2.04 bits per heavy atom. The van der Waals surface area contributed by atoms with Gasteiger partial charge in [0.25, 0.3) is 0 Å². The molecule has 6 heteroatoms. The number of carbonyl (C=O) groups is 1. The number of carbonyl (C=O) groups excluding carboxylic acids is 1. The maximum Gasteiger partial charge on any atom is 0.225 e. The summed E-state index contributed by atoms with van der Waals surface area (Å²) in [5, 5.41) is 13.2. The minimum atomic E-state index is -0.779. The van der Waals surface area contributed by atoms with Crippen LogP contribution in [0.3, 0.4) is 0 Å². The number of nitriles is 1. The molecule has 0 radical (unpaired) electrons. The summed E-state index contributed by atoms with van der Waals surface area (Å²) < 4.78 is 10.5. The van der Waals surface area contributed by atoms with Crippen LogP contribution in [-0.2, 0) is 11.2 Å². The Labute approximate surface area is 151 Å². The molecule has 132 valence electrons. The van der Waals surface area contributed by atoms with Gasteiger partial charge in [-0.2, -0.15) is 5.26 Å². The first kappa shape index (κ1) is 17.4. The van der Waals surface area contributed by atoms with Crippen molar-refractivity contribution in [3.63, 3.8) is 0 Å². The van der Waals surface area contributed by atoms with Crippen molar-refractivity contribution in [2.75, 3.05) is 14.2 Å². The molecule has 0 fully saturated rings. The molecule has 0 bridgehead atoms. The summed E-state index contributed by atoms with van der Waals surface area (Å²) in [6, 6.07) is 14.1. The fourth-order valence-corrected chi connectivity index (χ4v) is 2.90. The first-order valence-corrected chi connectivity index (χ1v) is 8.12. The van der Waals surface area contributed by atoms with Crippen LogP contribution < -0.4 is 14.8 Å². The van der Waals surface area contributed by atoms with Gasteiger partial charge in [0.2, 0.25) is 5.91 Å². The van der Waals surface area contributed by atoms with Gasteiger partial charge in [0.15, 0.2) is 0 Å². The average Bonchev–Trinajstić information content (AvgIpc) is 3.07. The Balaban J connectivity index is 1.79. The van der Waals surface area contributed by atoms with E-state index >= 15 is 0 Å². The van der Waals surface area contributed by atoms with Crippen molar-refractivity contribution in [3.8, 4) is 17.6 Å². The summed E-state index contributed by atoms with van der Waals surface area (Å²) in [6.07, 6.45) is 1.95. The predicted octanol–water partition coefficient (Wildman–Crippen LogP) is 3.11. The third-order valence-electron chi connectivity index (χ3n) is 4.21. The number of para-hydroxylation sites is 1. The number of nitrogens with zero attached hydrogens (tertiary/aromatic N) is 1. The molecule has 3 rings (SSSR count). The van der Waals surface area contributed by atoms with Gasteiger partial charge in [-0.15, -0.1) is 0 Å². The van der Waals surface area contributed by atoms with E-state index in [0.29, 0.717) is 11.3 Å². The third kappa shape index (κ3) is 3.47. The number of benzene rings is 2. The summed E-state index contributed by atoms with van der Waals surface area (Å²) in [7, 11) is 3.14. The lowest BCUT2D eigenvalue weighted by atomic mass is 10.1. The lowest BCUT2D eigenvalue weighted by Crippen LogP contribution is -2.29. The zero-order chi connectivity index (χ0) is 18.5. The van der Waals surface area contributed by atoms with Crippen LogP contribution in [0.2, 0.25) is 0 Å². The molecule has 1 aromatic heterocycles. The normalized spacial score (nSPS) is 11.6. The second kappa shape index (κ2) is 7.62. The fourth-order valence-electron chi connectivity index (χ4n) is 2.90. The van der Waals surface area contributed by atoms with Crippen molar-refractivity contribution in [2.24, 2.45) is 0 Å². The number of aromatic nitrogens is 1. The van der Waals surface area contributed by atoms with Crippen LogP contribution in [0.5, 0.6) is 11.5 Å². The van der Waals surface area contributed by atoms with Crippen LogP contribution in [-0.4, -0.2) is 25.1 Å². The second-order valence-corrected chi connectivity index (χ2v) is 5.77. The number of nitrogens with one attached hydrogen (secondary N) is 2. The molecular formula is C20H19N3O3. The average molecular weight is 349 g/mol. The van der Waals surface area contributed by atoms with Crippen molar-refractivity contribution in [1.29, 1.82) is 5.26 Å². The van der Waals surface area contributed by atoms with Gasteiger partial charge in [0.1, 0.15) is 17.5 Å². The minimum absolute atomic E-state index is 0.153. The Kier molecular flexibility index (Phi) is 5.09. The summed E-state index contributed by atoms with van der Waals surface area (Å²) in [5.41, 5.74) is 2.40. The number of amides is 1. The van der Waals surface area contributed by atoms with E-state index < -0.39 is 6.04 Å². The van der Waals surface area contributed by atoms with E-state index in [1.54, 1.807) is 31.5 Å². The predicted molar refractivity (Wildman–Crippen MR) is 98.0 cm³/mol. The van der Waals surface area contributed by atoms with Crippen LogP contribution in [0.15, 0.2) is 48.7 Å². The molecule has 1 atom stereocenters. The molecule has 0 aliphatic rings. The number of methoxy groups -OCH3 is 2. The van der Waals surface area contributed by atoms with E-state index in [4.69, 9.17) is 9.47 Å². The lowest BCUT2D eigenvalue weighted by Gasteiger charge is -2.15. The number of fused-ring (bicyclic) bond motifs is 1. The molecule has 6 nitrogen and oxygen atoms in total. The van der Waals surface area contributed by atoms with Crippen LogP contribution in [0.25, 0.3) is 10.9 Å². The fraction of sp³-hybridized carbons (Fsp3) is 0.200. The van der Waals surface area contributed by atoms with Crippen molar-refractivity contribution in [2.45, 2.75) is 12.5 Å². The molecule has 0 aliphatic heterocycles. The van der Waals surface area contributed by atoms with Crippen molar-refractivity contribution in [1.82, 2.24) is 10.3 Å². The molecular weight excluding hydrogens is 330 g/mol. The molecule has 3 aromatic rings. The standard InChI is InChI=1S/C20H19N3O3/c1-25-14-7-8-17-16(10-14)13(12-22-17)9-20(24)23-18(11-21)15-5-3-4-6-19(15)26-2/h3-8,10,12,18,22H,9H2,1-2H3,(H,23,24)/t18-/m0/s1. The molecule has 0 saturated carbocycles. The van der Waals surface area contributed by atoms with Gasteiger partial charge in [-0.25, -0.2) is 0 Å². The Bertz CT molecular complexity index is 972. The smallest absolute Gasteiger partial charge is 0.225 e. The number of hydrogen-bond donors (Lipinski definition) is 2. The number of H-pyrrole nitrogens is 1. The summed E-state index contributed by atoms with van der Waals surface area (Å²) >= 11 is 0. The summed E-state index contributed by atoms with van der Waals surface area (Å²) in [5.74, 6) is 1.05. The van der Waals surface area contributed by atoms with Crippen LogP contribution >= 0.6 is 0 Å². The van der Waals surface area contributed by atoms with Gasteiger partial charge in [0.05, 0.1) is 26.7 Å². The van der Waals surface area contributed by atoms with E-state index in [9.17, 15) is 10.1 Å². The first-order chi connectivity index (χ1) is 12.7. The molecule has 0 aliphatic carbocycles. The molecule has 1 amide bonds. The number of rotatable bonds is 6. The summed E-state index contributed by atoms with van der Waals surface area (Å²) in [6.45, 7) is 0. The van der Waals surface area contributed by atoms with Crippen molar-refractivity contribution >= 4 is 16.8 Å². The zero-order valence-corrected chi connectivity index (χ0v) is 14.6. The van der Waals surface area contributed by atoms with Gasteiger partial charge in [0, 0.05) is 22.7 Å². The number of aromatic amines is 1. The quantitative estimate of drug-likeness (QED) is 0.716. The van der Waals surface area contributed by atoms with E-state index in [0.717, 1.165) is 22.2 Å². The minimum Gasteiger partial charge on any atom is -0.497 e. The third-order valence-corrected chi connectivity index (χ3v) is 4.21. The maximum atomic E-state index is 12.5. The largest absolute Gasteiger partial charge is 0.497 e. The lowest BCUT2D eigenvalue weighted by molar-refractivity contribution is -0.120. The molecule has 0 saturated heterocycles. The molecule has 2 aromatic carbocycles. The van der Waals surface area contributed by atoms with Crippen LogP contribution in [0, 0.1) is 11.3 Å². The number of ether oxygens (including phenoxy) is 2. The molecule has 0 unspecified atom stereocenters. The SMILES string of the molecule is COc1ccc2[nH]cc(CC(=O)N[C@@H](C#N)c3ccccc3OC)c2c1. The van der Waals surface area contributed by atoms with E-state index in [1.165, 1.54) is 7.11 Å². The van der Waals surface area contributed by atoms with Crippen molar-refractivity contribution < 1.29 is 14.3 Å². The van der Waals surface area contributed by atoms with Crippen molar-refractivity contribution in [3.05, 3.63) is 59.8 Å². The Morgan fingerprint density at radius 1 is 1.23 bits per heavy atom. The van der Waals surface area contributed by atoms with Gasteiger partial charge >= 0.3 is 0 Å². The monoisotopic (exact) mass is 349 g/mol. The van der Waals surface area contributed by atoms with E-state index in [2.05, 4.69) is 16.4 Å². The van der Waals surface area contributed by atoms with E-state index in [-0.39, 0.29) is 12.3 Å². The second-order valence-electron chi connectivity index (χ2n) is 5.77. The highest BCUT2D eigenvalue weighted by Gasteiger charge is 2.18. The topological polar surface area (TPSA) is 87.1 Å². The maximum absolute atomic E-state index is 12.5. The first-order valence-electron chi connectivity index (χ1n) is 8.12. The highest BCUT2D eigenvalue weighted by molar-refractivity contribution is 5.90. The van der Waals surface area contributed by atoms with Crippen LogP contribution in [0.4, 0.5) is 0 Å². The van der Waals surface area contributed by atoms with Gasteiger partial charge < -0.3 is 19.8 Å². The summed E-state index contributed by atoms with van der Waals surface area (Å²) in [4.78, 5) is 15.6. The molecule has 26 heavy (non-hydrogen) atoms. The van der Waals surface area contributed by atoms with Gasteiger partial charge in [-0.3, -0.25) is 4.79 Å². The Morgan fingerprint density at radius 3 is 2.77 bits per heavy atom. The van der Waals surface area contributed by atoms with E-state index in [1.807, 2.05) is 24.3 Å². The van der Waals surface area contributed by atoms with Crippen LogP contribution in [0.1, 0.15) is 17.2 Å². The highest BCUT2D eigenvalue weighted by atomic mass is 16.5.